The van der Waals surface area contributed by atoms with Crippen LogP contribution < -0.4 is 4.72 Å². The lowest BCUT2D eigenvalue weighted by molar-refractivity contribution is 0.0408. The maximum atomic E-state index is 12.2. The normalized spacial score (nSPS) is 27.0. The Kier molecular flexibility index (Phi) is 4.54. The molecule has 6 heteroatoms. The van der Waals surface area contributed by atoms with Crippen LogP contribution in [0.25, 0.3) is 0 Å². The van der Waals surface area contributed by atoms with E-state index in [0.29, 0.717) is 19.8 Å². The molecule has 2 saturated heterocycles. The van der Waals surface area contributed by atoms with Crippen LogP contribution in [0.2, 0.25) is 0 Å². The minimum Gasteiger partial charge on any atom is -0.378 e. The summed E-state index contributed by atoms with van der Waals surface area (Å²) in [6.45, 7) is 5.15. The van der Waals surface area contributed by atoms with Crippen LogP contribution in [0.1, 0.15) is 25.3 Å². The zero-order valence-electron chi connectivity index (χ0n) is 13.0. The first-order chi connectivity index (χ1) is 10.5. The van der Waals surface area contributed by atoms with E-state index in [1.54, 1.807) is 0 Å². The van der Waals surface area contributed by atoms with Gasteiger partial charge in [-0.15, -0.1) is 0 Å². The summed E-state index contributed by atoms with van der Waals surface area (Å²) >= 11 is 0. The van der Waals surface area contributed by atoms with E-state index < -0.39 is 10.0 Å². The van der Waals surface area contributed by atoms with Gasteiger partial charge in [0.2, 0.25) is 10.0 Å². The molecule has 2 aliphatic rings. The van der Waals surface area contributed by atoms with Crippen molar-refractivity contribution in [3.05, 3.63) is 35.9 Å². The lowest BCUT2D eigenvalue weighted by Crippen LogP contribution is -2.53. The van der Waals surface area contributed by atoms with Crippen LogP contribution in [0.4, 0.5) is 0 Å². The van der Waals surface area contributed by atoms with Gasteiger partial charge in [-0.25, -0.2) is 13.1 Å². The monoisotopic (exact) mass is 324 g/mol. The topological polar surface area (TPSA) is 58.6 Å². The second kappa shape index (κ2) is 6.28. The molecule has 0 amide bonds. The largest absolute Gasteiger partial charge is 0.378 e. The van der Waals surface area contributed by atoms with Crippen molar-refractivity contribution in [2.75, 3.05) is 26.3 Å². The molecule has 0 aromatic heterocycles. The van der Waals surface area contributed by atoms with Gasteiger partial charge < -0.3 is 4.74 Å². The van der Waals surface area contributed by atoms with Gasteiger partial charge >= 0.3 is 0 Å². The second-order valence-electron chi connectivity index (χ2n) is 6.53. The van der Waals surface area contributed by atoms with Crippen LogP contribution in [0.3, 0.4) is 0 Å². The highest BCUT2D eigenvalue weighted by Gasteiger charge is 2.39. The maximum Gasteiger partial charge on any atom is 0.219 e. The summed E-state index contributed by atoms with van der Waals surface area (Å²) in [6.07, 6.45) is 2.13. The summed E-state index contributed by atoms with van der Waals surface area (Å²) in [5.74, 6) is 0. The molecule has 0 aliphatic carbocycles. The summed E-state index contributed by atoms with van der Waals surface area (Å²) < 4.78 is 32.1. The number of nitrogens with one attached hydrogen (secondary N) is 1. The van der Waals surface area contributed by atoms with Gasteiger partial charge in [0.1, 0.15) is 5.25 Å². The summed E-state index contributed by atoms with van der Waals surface area (Å²) in [5, 5.41) is -0.375. The first kappa shape index (κ1) is 15.9. The number of hydrogen-bond acceptors (Lipinski definition) is 4. The van der Waals surface area contributed by atoms with Crippen molar-refractivity contribution in [1.82, 2.24) is 9.62 Å². The molecular weight excluding hydrogens is 300 g/mol. The van der Waals surface area contributed by atoms with Gasteiger partial charge in [0, 0.05) is 18.6 Å². The molecule has 1 aromatic carbocycles. The number of hydrogen-bond donors (Lipinski definition) is 1. The predicted molar refractivity (Wildman–Crippen MR) is 86.0 cm³/mol. The fourth-order valence-corrected chi connectivity index (χ4v) is 4.42. The van der Waals surface area contributed by atoms with Crippen LogP contribution in [0.5, 0.6) is 0 Å². The van der Waals surface area contributed by atoms with E-state index in [1.807, 2.05) is 18.2 Å². The Morgan fingerprint density at radius 2 is 2.05 bits per heavy atom. The summed E-state index contributed by atoms with van der Waals surface area (Å²) in [4.78, 5) is 2.39. The number of rotatable bonds is 6. The summed E-state index contributed by atoms with van der Waals surface area (Å²) in [7, 11) is -3.25. The lowest BCUT2D eigenvalue weighted by atomic mass is 9.99. The number of benzene rings is 1. The van der Waals surface area contributed by atoms with E-state index >= 15 is 0 Å². The molecule has 0 saturated carbocycles. The maximum absolute atomic E-state index is 12.2. The van der Waals surface area contributed by atoms with Crippen LogP contribution in [0.15, 0.2) is 30.3 Å². The molecule has 2 aliphatic heterocycles. The zero-order valence-corrected chi connectivity index (χ0v) is 13.8. The summed E-state index contributed by atoms with van der Waals surface area (Å²) in [5.41, 5.74) is 1.15. The predicted octanol–water partition coefficient (Wildman–Crippen LogP) is 1.36. The lowest BCUT2D eigenvalue weighted by Gasteiger charge is -2.36. The molecule has 122 valence electrons. The molecule has 1 atom stereocenters. The van der Waals surface area contributed by atoms with E-state index in [2.05, 4.69) is 28.7 Å². The molecule has 0 radical (unpaired) electrons. The van der Waals surface area contributed by atoms with Crippen molar-refractivity contribution in [2.45, 2.75) is 37.1 Å². The first-order valence-electron chi connectivity index (χ1n) is 7.85. The van der Waals surface area contributed by atoms with Crippen molar-refractivity contribution >= 4 is 10.0 Å². The molecule has 0 bridgehead atoms. The Morgan fingerprint density at radius 3 is 2.68 bits per heavy atom. The first-order valence-corrected chi connectivity index (χ1v) is 9.39. The number of ether oxygens (including phenoxy) is 1. The number of nitrogens with zero attached hydrogens (tertiary/aromatic N) is 1. The van der Waals surface area contributed by atoms with Gasteiger partial charge in [0.25, 0.3) is 0 Å². The van der Waals surface area contributed by atoms with Gasteiger partial charge in [-0.05, 0) is 31.9 Å². The average molecular weight is 324 g/mol. The van der Waals surface area contributed by atoms with Crippen LogP contribution in [-0.2, 0) is 21.3 Å². The minimum absolute atomic E-state index is 0.118. The summed E-state index contributed by atoms with van der Waals surface area (Å²) in [6, 6.07) is 10.3. The standard InChI is InChI=1S/C16H24N2O3S/c1-16(13-17-22(19,20)15-11-21-12-15)8-5-9-18(16)10-14-6-3-2-4-7-14/h2-4,6-7,15,17H,5,8-13H2,1H3. The van der Waals surface area contributed by atoms with Gasteiger partial charge in [0.15, 0.2) is 0 Å². The second-order valence-corrected chi connectivity index (χ2v) is 8.58. The average Bonchev–Trinajstić information content (AvgIpc) is 2.78. The van der Waals surface area contributed by atoms with Crippen molar-refractivity contribution in [2.24, 2.45) is 0 Å². The molecule has 1 N–H and O–H groups in total. The van der Waals surface area contributed by atoms with Crippen LogP contribution in [-0.4, -0.2) is 50.4 Å². The molecule has 22 heavy (non-hydrogen) atoms. The third kappa shape index (κ3) is 3.35. The van der Waals surface area contributed by atoms with E-state index in [1.165, 1.54) is 5.56 Å². The molecular formula is C16H24N2O3S. The Balaban J connectivity index is 1.63. The highest BCUT2D eigenvalue weighted by atomic mass is 32.2. The molecule has 0 spiro atoms. The Morgan fingerprint density at radius 1 is 1.32 bits per heavy atom. The Hall–Kier alpha value is -0.950. The van der Waals surface area contributed by atoms with Crippen LogP contribution in [0, 0.1) is 0 Å². The number of sulfonamides is 1. The van der Waals surface area contributed by atoms with E-state index in [0.717, 1.165) is 25.9 Å². The zero-order chi connectivity index (χ0) is 15.6. The van der Waals surface area contributed by atoms with Gasteiger partial charge in [-0.2, -0.15) is 0 Å². The minimum atomic E-state index is -3.25. The molecule has 3 rings (SSSR count). The van der Waals surface area contributed by atoms with Gasteiger partial charge in [-0.1, -0.05) is 30.3 Å². The molecule has 5 nitrogen and oxygen atoms in total. The molecule has 2 fully saturated rings. The van der Waals surface area contributed by atoms with Crippen molar-refractivity contribution < 1.29 is 13.2 Å². The van der Waals surface area contributed by atoms with Gasteiger partial charge in [0.05, 0.1) is 13.2 Å². The third-order valence-corrected chi connectivity index (χ3v) is 6.52. The highest BCUT2D eigenvalue weighted by molar-refractivity contribution is 7.90. The van der Waals surface area contributed by atoms with Crippen molar-refractivity contribution in [1.29, 1.82) is 0 Å². The van der Waals surface area contributed by atoms with E-state index in [4.69, 9.17) is 4.74 Å². The smallest absolute Gasteiger partial charge is 0.219 e. The fourth-order valence-electron chi connectivity index (χ4n) is 3.12. The fraction of sp³-hybridized carbons (Fsp3) is 0.625. The SMILES string of the molecule is CC1(CNS(=O)(=O)C2COC2)CCCN1Cc1ccccc1. The van der Waals surface area contributed by atoms with Crippen molar-refractivity contribution in [3.8, 4) is 0 Å². The van der Waals surface area contributed by atoms with Gasteiger partial charge in [-0.3, -0.25) is 4.90 Å². The van der Waals surface area contributed by atoms with E-state index in [9.17, 15) is 8.42 Å². The molecule has 1 aromatic rings. The molecule has 2 heterocycles. The quantitative estimate of drug-likeness (QED) is 0.858. The van der Waals surface area contributed by atoms with Crippen molar-refractivity contribution in [3.63, 3.8) is 0 Å². The molecule has 1 unspecified atom stereocenters. The van der Waals surface area contributed by atoms with E-state index in [-0.39, 0.29) is 10.8 Å². The highest BCUT2D eigenvalue weighted by Crippen LogP contribution is 2.30. The Bertz CT molecular complexity index is 601. The Labute approximate surface area is 132 Å². The number of likely N-dealkylation sites (tertiary alicyclic amines) is 1. The van der Waals surface area contributed by atoms with Crippen LogP contribution >= 0.6 is 0 Å². The third-order valence-electron chi connectivity index (χ3n) is 4.82.